The van der Waals surface area contributed by atoms with Crippen molar-refractivity contribution in [1.82, 2.24) is 4.90 Å². The molecule has 156 valence electrons. The second-order valence-corrected chi connectivity index (χ2v) is 8.38. The molecule has 0 radical (unpaired) electrons. The van der Waals surface area contributed by atoms with Crippen LogP contribution in [-0.2, 0) is 17.9 Å². The van der Waals surface area contributed by atoms with Crippen LogP contribution in [0.15, 0.2) is 48.5 Å². The summed E-state index contributed by atoms with van der Waals surface area (Å²) in [7, 11) is 0. The van der Waals surface area contributed by atoms with Gasteiger partial charge < -0.3 is 4.90 Å². The predicted octanol–water partition coefficient (Wildman–Crippen LogP) is 5.78. The van der Waals surface area contributed by atoms with Crippen LogP contribution in [0.25, 0.3) is 0 Å². The molecule has 1 aliphatic rings. The molecule has 4 heteroatoms. The maximum Gasteiger partial charge on any atom is 0.229 e. The van der Waals surface area contributed by atoms with Gasteiger partial charge in [-0.3, -0.25) is 9.69 Å². The minimum atomic E-state index is -0.189. The highest BCUT2D eigenvalue weighted by molar-refractivity contribution is 5.95. The summed E-state index contributed by atoms with van der Waals surface area (Å²) < 4.78 is 13.7. The Balaban J connectivity index is 1.89. The second-order valence-electron chi connectivity index (χ2n) is 8.38. The maximum atomic E-state index is 13.7. The van der Waals surface area contributed by atoms with Gasteiger partial charge in [-0.2, -0.15) is 0 Å². The normalized spacial score (nSPS) is 16.8. The summed E-state index contributed by atoms with van der Waals surface area (Å²) in [4.78, 5) is 17.3. The number of rotatable bonds is 3. The molecule has 0 N–H and O–H groups in total. The Bertz CT molecular complexity index is 805. The van der Waals surface area contributed by atoms with Crippen molar-refractivity contribution in [3.05, 3.63) is 65.5 Å². The summed E-state index contributed by atoms with van der Waals surface area (Å²) in [5, 5.41) is 0. The van der Waals surface area contributed by atoms with Crippen LogP contribution in [0.1, 0.15) is 57.1 Å². The third-order valence-corrected chi connectivity index (χ3v) is 5.59. The van der Waals surface area contributed by atoms with Crippen molar-refractivity contribution in [3.63, 3.8) is 0 Å². The molecule has 1 aliphatic heterocycles. The lowest BCUT2D eigenvalue weighted by atomic mass is 10.0. The van der Waals surface area contributed by atoms with Gasteiger partial charge in [0.1, 0.15) is 5.82 Å². The van der Waals surface area contributed by atoms with Crippen LogP contribution in [0.4, 0.5) is 10.1 Å². The van der Waals surface area contributed by atoms with E-state index in [1.807, 2.05) is 36.9 Å². The van der Waals surface area contributed by atoms with Crippen LogP contribution in [0.3, 0.4) is 0 Å². The van der Waals surface area contributed by atoms with E-state index in [9.17, 15) is 9.18 Å². The van der Waals surface area contributed by atoms with Crippen LogP contribution >= 0.6 is 0 Å². The van der Waals surface area contributed by atoms with Gasteiger partial charge in [-0.25, -0.2) is 4.39 Å². The van der Waals surface area contributed by atoms with Gasteiger partial charge in [-0.15, -0.1) is 0 Å². The third-order valence-electron chi connectivity index (χ3n) is 5.59. The van der Waals surface area contributed by atoms with E-state index in [1.165, 1.54) is 24.5 Å². The lowest BCUT2D eigenvalue weighted by molar-refractivity contribution is -0.121. The molecule has 3 rings (SSSR count). The van der Waals surface area contributed by atoms with Gasteiger partial charge in [0.05, 0.1) is 0 Å². The molecule has 0 spiro atoms. The summed E-state index contributed by atoms with van der Waals surface area (Å²) in [6.07, 6.45) is 5.72. The zero-order valence-electron chi connectivity index (χ0n) is 17.7. The van der Waals surface area contributed by atoms with Crippen LogP contribution in [0.2, 0.25) is 0 Å². The fourth-order valence-electron chi connectivity index (χ4n) is 4.05. The number of para-hydroxylation sites is 1. The Labute approximate surface area is 174 Å². The molecule has 0 unspecified atom stereocenters. The molecule has 0 fully saturated rings. The maximum absolute atomic E-state index is 13.7. The number of halogens is 1. The summed E-state index contributed by atoms with van der Waals surface area (Å²) in [6, 6.07) is 15.1. The third kappa shape index (κ3) is 6.14. The van der Waals surface area contributed by atoms with Gasteiger partial charge in [-0.05, 0) is 48.7 Å². The van der Waals surface area contributed by atoms with Crippen molar-refractivity contribution in [3.8, 4) is 0 Å². The minimum absolute atomic E-state index is 0.0284. The number of amides is 1. The number of hydrogen-bond acceptors (Lipinski definition) is 2. The Morgan fingerprint density at radius 1 is 0.966 bits per heavy atom. The van der Waals surface area contributed by atoms with Gasteiger partial charge in [-0.1, -0.05) is 63.4 Å². The van der Waals surface area contributed by atoms with E-state index in [0.717, 1.165) is 50.1 Å². The highest BCUT2D eigenvalue weighted by Gasteiger charge is 2.22. The molecule has 0 saturated carbocycles. The number of fused-ring (bicyclic) bond motifs is 1. The Kier molecular flexibility index (Phi) is 7.82. The molecule has 2 aromatic rings. The second kappa shape index (κ2) is 10.5. The molecule has 3 nitrogen and oxygen atoms in total. The molecular weight excluding hydrogens is 363 g/mol. The molecule has 0 aliphatic carbocycles. The Morgan fingerprint density at radius 2 is 1.69 bits per heavy atom. The lowest BCUT2D eigenvalue weighted by Crippen LogP contribution is -2.36. The smallest absolute Gasteiger partial charge is 0.229 e. The molecular formula is C25H33FN2O. The fourth-order valence-corrected chi connectivity index (χ4v) is 4.05. The van der Waals surface area contributed by atoms with Gasteiger partial charge in [0.25, 0.3) is 0 Å². The van der Waals surface area contributed by atoms with Crippen molar-refractivity contribution in [2.45, 2.75) is 59.0 Å². The first-order valence-electron chi connectivity index (χ1n) is 10.9. The molecule has 29 heavy (non-hydrogen) atoms. The highest BCUT2D eigenvalue weighted by Crippen LogP contribution is 2.26. The number of hydrogen-bond donors (Lipinski definition) is 0. The monoisotopic (exact) mass is 396 g/mol. The van der Waals surface area contributed by atoms with Crippen molar-refractivity contribution in [1.29, 1.82) is 0 Å². The average Bonchev–Trinajstić information content (AvgIpc) is 2.69. The van der Waals surface area contributed by atoms with Crippen molar-refractivity contribution in [2.24, 2.45) is 5.92 Å². The SMILES string of the molecule is CC(C)C(=O)N1CCCCCCCN(Cc2cccc(F)c2)Cc2ccccc21. The standard InChI is InChI=1S/C25H33FN2O/c1-20(2)25(29)28-16-9-5-3-4-8-15-27(18-21-11-10-13-23(26)17-21)19-22-12-6-7-14-24(22)28/h6-7,10-14,17,20H,3-5,8-9,15-16,18-19H2,1-2H3. The van der Waals surface area contributed by atoms with Crippen LogP contribution in [-0.4, -0.2) is 23.9 Å². The number of anilines is 1. The zero-order chi connectivity index (χ0) is 20.6. The number of nitrogens with zero attached hydrogens (tertiary/aromatic N) is 2. The molecule has 0 bridgehead atoms. The summed E-state index contributed by atoms with van der Waals surface area (Å²) >= 11 is 0. The molecule has 0 aromatic heterocycles. The molecule has 1 heterocycles. The molecule has 0 saturated heterocycles. The van der Waals surface area contributed by atoms with E-state index in [2.05, 4.69) is 17.0 Å². The fraction of sp³-hybridized carbons (Fsp3) is 0.480. The Hall–Kier alpha value is -2.20. The molecule has 1 amide bonds. The number of carbonyl (C=O) groups excluding carboxylic acids is 1. The van der Waals surface area contributed by atoms with Crippen molar-refractivity contribution >= 4 is 11.6 Å². The first-order valence-corrected chi connectivity index (χ1v) is 10.9. The zero-order valence-corrected chi connectivity index (χ0v) is 17.7. The first kappa shape index (κ1) is 21.5. The average molecular weight is 397 g/mol. The van der Waals surface area contributed by atoms with Gasteiger partial charge in [0.15, 0.2) is 0 Å². The molecule has 2 aromatic carbocycles. The summed E-state index contributed by atoms with van der Waals surface area (Å²) in [5.74, 6) is -0.0310. The topological polar surface area (TPSA) is 23.6 Å². The largest absolute Gasteiger partial charge is 0.312 e. The van der Waals surface area contributed by atoms with E-state index in [1.54, 1.807) is 12.1 Å². The van der Waals surface area contributed by atoms with E-state index >= 15 is 0 Å². The predicted molar refractivity (Wildman–Crippen MR) is 117 cm³/mol. The van der Waals surface area contributed by atoms with E-state index in [-0.39, 0.29) is 17.6 Å². The Morgan fingerprint density at radius 3 is 2.45 bits per heavy atom. The lowest BCUT2D eigenvalue weighted by Gasteiger charge is -2.30. The van der Waals surface area contributed by atoms with Crippen molar-refractivity contribution < 1.29 is 9.18 Å². The summed E-state index contributed by atoms with van der Waals surface area (Å²) in [5.41, 5.74) is 3.18. The quantitative estimate of drug-likeness (QED) is 0.656. The van der Waals surface area contributed by atoms with E-state index in [0.29, 0.717) is 6.54 Å². The van der Waals surface area contributed by atoms with Crippen LogP contribution in [0.5, 0.6) is 0 Å². The number of benzene rings is 2. The molecule has 0 atom stereocenters. The van der Waals surface area contributed by atoms with E-state index < -0.39 is 0 Å². The van der Waals surface area contributed by atoms with Crippen LogP contribution < -0.4 is 4.90 Å². The number of carbonyl (C=O) groups is 1. The minimum Gasteiger partial charge on any atom is -0.312 e. The van der Waals surface area contributed by atoms with Gasteiger partial charge >= 0.3 is 0 Å². The van der Waals surface area contributed by atoms with Gasteiger partial charge in [0.2, 0.25) is 5.91 Å². The van der Waals surface area contributed by atoms with Crippen LogP contribution in [0, 0.1) is 11.7 Å². The van der Waals surface area contributed by atoms with Gasteiger partial charge in [0, 0.05) is 31.2 Å². The summed E-state index contributed by atoms with van der Waals surface area (Å²) in [6.45, 7) is 7.16. The first-order chi connectivity index (χ1) is 14.0. The van der Waals surface area contributed by atoms with E-state index in [4.69, 9.17) is 0 Å². The van der Waals surface area contributed by atoms with Crippen molar-refractivity contribution in [2.75, 3.05) is 18.0 Å². The highest BCUT2D eigenvalue weighted by atomic mass is 19.1.